The maximum absolute atomic E-state index is 13.1. The lowest BCUT2D eigenvalue weighted by atomic mass is 10.0. The maximum atomic E-state index is 13.1. The second-order valence-corrected chi connectivity index (χ2v) is 7.04. The molecule has 4 rings (SSSR count). The van der Waals surface area contributed by atoms with Crippen molar-refractivity contribution in [3.8, 4) is 5.75 Å². The van der Waals surface area contributed by atoms with Crippen LogP contribution in [0.25, 0.3) is 10.8 Å². The Hall–Kier alpha value is -2.92. The fraction of sp³-hybridized carbons (Fsp3) is 0.261. The molecule has 0 unspecified atom stereocenters. The zero-order valence-electron chi connectivity index (χ0n) is 15.9. The molecule has 144 valence electrons. The molecule has 0 radical (unpaired) electrons. The van der Waals surface area contributed by atoms with Crippen LogP contribution >= 0.6 is 0 Å². The molecule has 0 bridgehead atoms. The summed E-state index contributed by atoms with van der Waals surface area (Å²) in [5.74, 6) is 0.524. The molecule has 1 fully saturated rings. The van der Waals surface area contributed by atoms with E-state index in [9.17, 15) is 9.18 Å². The number of amides is 1. The zero-order chi connectivity index (χ0) is 19.5. The van der Waals surface area contributed by atoms with Gasteiger partial charge in [0.15, 0.2) is 0 Å². The first-order valence-corrected chi connectivity index (χ1v) is 9.47. The minimum atomic E-state index is -0.328. The summed E-state index contributed by atoms with van der Waals surface area (Å²) in [4.78, 5) is 16.8. The van der Waals surface area contributed by atoms with E-state index in [-0.39, 0.29) is 11.7 Å². The standard InChI is InChI=1S/C23H23FN2O2/c1-28-22-11-8-17-4-2-3-5-20(17)21(22)16-25-12-14-26(15-13-25)23(27)18-6-9-19(24)10-7-18/h2-11H,12-16H2,1H3. The van der Waals surface area contributed by atoms with Crippen LogP contribution in [0.5, 0.6) is 5.75 Å². The van der Waals surface area contributed by atoms with Crippen molar-refractivity contribution in [2.45, 2.75) is 6.54 Å². The largest absolute Gasteiger partial charge is 0.496 e. The lowest BCUT2D eigenvalue weighted by Crippen LogP contribution is -2.48. The third-order valence-electron chi connectivity index (χ3n) is 5.35. The molecule has 1 aliphatic rings. The summed E-state index contributed by atoms with van der Waals surface area (Å²) in [5, 5.41) is 2.40. The molecule has 0 atom stereocenters. The van der Waals surface area contributed by atoms with Crippen LogP contribution in [0.3, 0.4) is 0 Å². The minimum Gasteiger partial charge on any atom is -0.496 e. The molecule has 4 nitrogen and oxygen atoms in total. The Morgan fingerprint density at radius 1 is 0.964 bits per heavy atom. The van der Waals surface area contributed by atoms with E-state index in [0.29, 0.717) is 18.7 Å². The quantitative estimate of drug-likeness (QED) is 0.689. The molecule has 28 heavy (non-hydrogen) atoms. The molecule has 0 aliphatic carbocycles. The van der Waals surface area contributed by atoms with Crippen molar-refractivity contribution < 1.29 is 13.9 Å². The Bertz CT molecular complexity index is 980. The first-order chi connectivity index (χ1) is 13.7. The number of ether oxygens (including phenoxy) is 1. The Morgan fingerprint density at radius 2 is 1.68 bits per heavy atom. The first kappa shape index (κ1) is 18.4. The van der Waals surface area contributed by atoms with Crippen molar-refractivity contribution in [1.29, 1.82) is 0 Å². The maximum Gasteiger partial charge on any atom is 0.253 e. The number of hydrogen-bond acceptors (Lipinski definition) is 3. The number of rotatable bonds is 4. The topological polar surface area (TPSA) is 32.8 Å². The second kappa shape index (κ2) is 7.98. The van der Waals surface area contributed by atoms with E-state index in [1.807, 2.05) is 23.1 Å². The van der Waals surface area contributed by atoms with Crippen molar-refractivity contribution in [2.24, 2.45) is 0 Å². The molecule has 1 amide bonds. The van der Waals surface area contributed by atoms with Gasteiger partial charge in [-0.15, -0.1) is 0 Å². The third kappa shape index (κ3) is 3.71. The Morgan fingerprint density at radius 3 is 2.39 bits per heavy atom. The highest BCUT2D eigenvalue weighted by Gasteiger charge is 2.23. The Labute approximate surface area is 164 Å². The van der Waals surface area contributed by atoms with Gasteiger partial charge in [0.25, 0.3) is 5.91 Å². The average molecular weight is 378 g/mol. The third-order valence-corrected chi connectivity index (χ3v) is 5.35. The van der Waals surface area contributed by atoms with Crippen LogP contribution < -0.4 is 4.74 Å². The molecule has 1 heterocycles. The minimum absolute atomic E-state index is 0.0395. The molecule has 3 aromatic rings. The monoisotopic (exact) mass is 378 g/mol. The van der Waals surface area contributed by atoms with Crippen LogP contribution in [-0.2, 0) is 6.54 Å². The van der Waals surface area contributed by atoms with Crippen molar-refractivity contribution >= 4 is 16.7 Å². The molecular weight excluding hydrogens is 355 g/mol. The summed E-state index contributed by atoms with van der Waals surface area (Å²) in [7, 11) is 1.70. The number of piperazine rings is 1. The van der Waals surface area contributed by atoms with Gasteiger partial charge in [-0.2, -0.15) is 0 Å². The summed E-state index contributed by atoms with van der Waals surface area (Å²) in [6, 6.07) is 18.2. The van der Waals surface area contributed by atoms with E-state index in [1.54, 1.807) is 19.2 Å². The van der Waals surface area contributed by atoms with Crippen molar-refractivity contribution in [1.82, 2.24) is 9.80 Å². The number of nitrogens with zero attached hydrogens (tertiary/aromatic N) is 2. The normalized spacial score (nSPS) is 15.0. The van der Waals surface area contributed by atoms with E-state index in [2.05, 4.69) is 23.1 Å². The van der Waals surface area contributed by atoms with Gasteiger partial charge in [-0.3, -0.25) is 9.69 Å². The van der Waals surface area contributed by atoms with Crippen molar-refractivity contribution in [3.63, 3.8) is 0 Å². The van der Waals surface area contributed by atoms with Gasteiger partial charge in [0, 0.05) is 43.9 Å². The van der Waals surface area contributed by atoms with Gasteiger partial charge in [-0.25, -0.2) is 4.39 Å². The number of carbonyl (C=O) groups excluding carboxylic acids is 1. The summed E-state index contributed by atoms with van der Waals surface area (Å²) in [5.41, 5.74) is 1.71. The predicted octanol–water partition coefficient (Wildman–Crippen LogP) is 3.95. The Balaban J connectivity index is 1.46. The highest BCUT2D eigenvalue weighted by molar-refractivity contribution is 5.94. The predicted molar refractivity (Wildman–Crippen MR) is 108 cm³/mol. The van der Waals surface area contributed by atoms with Crippen LogP contribution in [0.15, 0.2) is 60.7 Å². The molecule has 0 N–H and O–H groups in total. The lowest BCUT2D eigenvalue weighted by molar-refractivity contribution is 0.0628. The zero-order valence-corrected chi connectivity index (χ0v) is 15.9. The number of halogens is 1. The molecular formula is C23H23FN2O2. The van der Waals surface area contributed by atoms with Crippen molar-refractivity contribution in [2.75, 3.05) is 33.3 Å². The van der Waals surface area contributed by atoms with Crippen molar-refractivity contribution in [3.05, 3.63) is 77.6 Å². The van der Waals surface area contributed by atoms with Crippen LogP contribution in [0.2, 0.25) is 0 Å². The number of fused-ring (bicyclic) bond motifs is 1. The fourth-order valence-corrected chi connectivity index (χ4v) is 3.78. The SMILES string of the molecule is COc1ccc2ccccc2c1CN1CCN(C(=O)c2ccc(F)cc2)CC1. The van der Waals surface area contributed by atoms with E-state index >= 15 is 0 Å². The van der Waals surface area contributed by atoms with E-state index in [1.165, 1.54) is 28.5 Å². The summed E-state index contributed by atoms with van der Waals surface area (Å²) >= 11 is 0. The smallest absolute Gasteiger partial charge is 0.253 e. The molecule has 3 aromatic carbocycles. The summed E-state index contributed by atoms with van der Waals surface area (Å²) < 4.78 is 18.7. The molecule has 0 aromatic heterocycles. The number of hydrogen-bond donors (Lipinski definition) is 0. The molecule has 1 saturated heterocycles. The van der Waals surface area contributed by atoms with E-state index < -0.39 is 0 Å². The van der Waals surface area contributed by atoms with E-state index in [4.69, 9.17) is 4.74 Å². The number of carbonyl (C=O) groups is 1. The van der Waals surface area contributed by atoms with Crippen LogP contribution in [0.1, 0.15) is 15.9 Å². The number of benzene rings is 3. The van der Waals surface area contributed by atoms with E-state index in [0.717, 1.165) is 25.4 Å². The molecule has 5 heteroatoms. The fourth-order valence-electron chi connectivity index (χ4n) is 3.78. The van der Waals surface area contributed by atoms with Gasteiger partial charge in [-0.1, -0.05) is 30.3 Å². The molecule has 0 saturated carbocycles. The van der Waals surface area contributed by atoms with Gasteiger partial charge < -0.3 is 9.64 Å². The molecule has 0 spiro atoms. The van der Waals surface area contributed by atoms with Gasteiger partial charge in [0.1, 0.15) is 11.6 Å². The van der Waals surface area contributed by atoms with Gasteiger partial charge in [0.2, 0.25) is 0 Å². The average Bonchev–Trinajstić information content (AvgIpc) is 2.74. The summed E-state index contributed by atoms with van der Waals surface area (Å²) in [6.07, 6.45) is 0. The number of methoxy groups -OCH3 is 1. The highest BCUT2D eigenvalue weighted by Crippen LogP contribution is 2.29. The van der Waals surface area contributed by atoms with Gasteiger partial charge in [0.05, 0.1) is 7.11 Å². The Kier molecular flexibility index (Phi) is 5.26. The van der Waals surface area contributed by atoms with Crippen LogP contribution in [0.4, 0.5) is 4.39 Å². The van der Waals surface area contributed by atoms with Gasteiger partial charge >= 0.3 is 0 Å². The highest BCUT2D eigenvalue weighted by atomic mass is 19.1. The lowest BCUT2D eigenvalue weighted by Gasteiger charge is -2.35. The summed E-state index contributed by atoms with van der Waals surface area (Å²) in [6.45, 7) is 3.67. The molecule has 1 aliphatic heterocycles. The second-order valence-electron chi connectivity index (χ2n) is 7.04. The first-order valence-electron chi connectivity index (χ1n) is 9.47. The van der Waals surface area contributed by atoms with Gasteiger partial charge in [-0.05, 0) is 41.1 Å². The van der Waals surface area contributed by atoms with Crippen LogP contribution in [-0.4, -0.2) is 49.0 Å². The van der Waals surface area contributed by atoms with Crippen LogP contribution in [0, 0.1) is 5.82 Å².